The van der Waals surface area contributed by atoms with E-state index in [4.69, 9.17) is 19.4 Å². The number of rotatable bonds is 3. The van der Waals surface area contributed by atoms with Gasteiger partial charge in [-0.1, -0.05) is 78.9 Å². The topological polar surface area (TPSA) is 64.7 Å². The molecular weight excluding hydrogens is 536 g/mol. The first-order chi connectivity index (χ1) is 20.8. The number of thiophene rings is 1. The first-order valence-corrected chi connectivity index (χ1v) is 14.5. The summed E-state index contributed by atoms with van der Waals surface area (Å²) in [6.07, 6.45) is 1.82. The smallest absolute Gasteiger partial charge is 0.164 e. The lowest BCUT2D eigenvalue weighted by atomic mass is 10.0. The lowest BCUT2D eigenvalue weighted by Crippen LogP contribution is -2.00. The molecule has 0 aliphatic carbocycles. The number of pyridine rings is 1. The zero-order chi connectivity index (χ0) is 27.6. The molecule has 9 aromatic rings. The Morgan fingerprint density at radius 3 is 2.14 bits per heavy atom. The van der Waals surface area contributed by atoms with Crippen molar-refractivity contribution in [2.45, 2.75) is 0 Å². The van der Waals surface area contributed by atoms with Gasteiger partial charge in [-0.3, -0.25) is 4.98 Å². The summed E-state index contributed by atoms with van der Waals surface area (Å²) < 4.78 is 8.80. The summed E-state index contributed by atoms with van der Waals surface area (Å²) in [5.41, 5.74) is 5.33. The summed E-state index contributed by atoms with van der Waals surface area (Å²) in [5, 5.41) is 5.37. The number of aromatic nitrogens is 4. The molecule has 0 bridgehead atoms. The fourth-order valence-electron chi connectivity index (χ4n) is 5.87. The molecule has 4 aromatic heterocycles. The molecule has 0 aliphatic rings. The average Bonchev–Trinajstić information content (AvgIpc) is 3.61. The second kappa shape index (κ2) is 9.03. The largest absolute Gasteiger partial charge is 0.456 e. The maximum atomic E-state index is 6.35. The fraction of sp³-hybridized carbons (Fsp3) is 0. The minimum Gasteiger partial charge on any atom is -0.456 e. The van der Waals surface area contributed by atoms with Crippen molar-refractivity contribution in [3.63, 3.8) is 0 Å². The van der Waals surface area contributed by atoms with Crippen LogP contribution in [-0.4, -0.2) is 19.9 Å². The highest BCUT2D eigenvalue weighted by Gasteiger charge is 2.20. The van der Waals surface area contributed by atoms with E-state index in [1.807, 2.05) is 54.7 Å². The van der Waals surface area contributed by atoms with Crippen molar-refractivity contribution in [1.82, 2.24) is 19.9 Å². The van der Waals surface area contributed by atoms with Gasteiger partial charge in [-0.05, 0) is 36.4 Å². The van der Waals surface area contributed by atoms with Crippen molar-refractivity contribution in [3.05, 3.63) is 121 Å². The van der Waals surface area contributed by atoms with Gasteiger partial charge in [-0.15, -0.1) is 11.3 Å². The molecule has 4 heterocycles. The molecule has 9 rings (SSSR count). The molecule has 0 atom stereocenters. The predicted molar refractivity (Wildman–Crippen MR) is 172 cm³/mol. The molecule has 0 saturated heterocycles. The van der Waals surface area contributed by atoms with Crippen LogP contribution in [0.25, 0.3) is 87.2 Å². The van der Waals surface area contributed by atoms with Gasteiger partial charge < -0.3 is 4.42 Å². The van der Waals surface area contributed by atoms with Gasteiger partial charge in [0.25, 0.3) is 0 Å². The Morgan fingerprint density at radius 1 is 0.524 bits per heavy atom. The van der Waals surface area contributed by atoms with Gasteiger partial charge in [0.05, 0.1) is 5.52 Å². The van der Waals surface area contributed by atoms with Gasteiger partial charge >= 0.3 is 0 Å². The fourth-order valence-corrected chi connectivity index (χ4v) is 7.00. The van der Waals surface area contributed by atoms with E-state index in [9.17, 15) is 0 Å². The molecule has 0 spiro atoms. The highest BCUT2D eigenvalue weighted by Crippen LogP contribution is 2.41. The zero-order valence-corrected chi connectivity index (χ0v) is 23.0. The number of hydrogen-bond donors (Lipinski definition) is 0. The van der Waals surface area contributed by atoms with Gasteiger partial charge in [0.15, 0.2) is 17.5 Å². The first kappa shape index (κ1) is 23.3. The van der Waals surface area contributed by atoms with Crippen LogP contribution in [-0.2, 0) is 0 Å². The van der Waals surface area contributed by atoms with Crippen LogP contribution in [0.5, 0.6) is 0 Å². The summed E-state index contributed by atoms with van der Waals surface area (Å²) >= 11 is 1.79. The molecule has 42 heavy (non-hydrogen) atoms. The van der Waals surface area contributed by atoms with E-state index in [0.29, 0.717) is 17.5 Å². The van der Waals surface area contributed by atoms with Crippen LogP contribution in [0.2, 0.25) is 0 Å². The second-order valence-electron chi connectivity index (χ2n) is 10.3. The Labute approximate surface area is 243 Å². The van der Waals surface area contributed by atoms with Crippen molar-refractivity contribution in [3.8, 4) is 34.2 Å². The molecule has 0 fully saturated rings. The first-order valence-electron chi connectivity index (χ1n) is 13.7. The highest BCUT2D eigenvalue weighted by atomic mass is 32.1. The Morgan fingerprint density at radius 2 is 1.26 bits per heavy atom. The molecule has 196 valence electrons. The van der Waals surface area contributed by atoms with Crippen LogP contribution >= 0.6 is 11.3 Å². The quantitative estimate of drug-likeness (QED) is 0.217. The van der Waals surface area contributed by atoms with E-state index in [-0.39, 0.29) is 0 Å². The maximum Gasteiger partial charge on any atom is 0.164 e. The SMILES string of the molecule is c1ccc(-c2nc(-c3cccc4oc5cc6cccnc6cc5c34)nc(-c3cccc4sc5ccccc5c34)n2)cc1. The standard InChI is InChI=1S/C36H20N4OS/c1-2-9-21(10-3-1)34-38-35(40-36(39-34)25-14-7-17-31-33(25)23-12-4-5-16-30(23)42-31)24-13-6-15-28-32(24)26-20-27-22(11-8-18-37-27)19-29(26)41-28/h1-20H. The minimum absolute atomic E-state index is 0.602. The van der Waals surface area contributed by atoms with Gasteiger partial charge in [-0.25, -0.2) is 15.0 Å². The average molecular weight is 557 g/mol. The Balaban J connectivity index is 1.36. The van der Waals surface area contributed by atoms with Crippen LogP contribution in [0.3, 0.4) is 0 Å². The van der Waals surface area contributed by atoms with Crippen molar-refractivity contribution in [2.24, 2.45) is 0 Å². The van der Waals surface area contributed by atoms with Crippen LogP contribution in [0, 0.1) is 0 Å². The van der Waals surface area contributed by atoms with Crippen molar-refractivity contribution in [2.75, 3.05) is 0 Å². The molecule has 0 amide bonds. The van der Waals surface area contributed by atoms with E-state index in [1.54, 1.807) is 11.3 Å². The van der Waals surface area contributed by atoms with E-state index < -0.39 is 0 Å². The van der Waals surface area contributed by atoms with Crippen LogP contribution in [0.4, 0.5) is 0 Å². The number of furan rings is 1. The second-order valence-corrected chi connectivity index (χ2v) is 11.4. The number of nitrogens with zero attached hydrogens (tertiary/aromatic N) is 4. The lowest BCUT2D eigenvalue weighted by molar-refractivity contribution is 0.669. The third kappa shape index (κ3) is 3.56. The summed E-state index contributed by atoms with van der Waals surface area (Å²) in [6, 6.07) is 39.2. The minimum atomic E-state index is 0.602. The Bertz CT molecular complexity index is 2480. The monoisotopic (exact) mass is 556 g/mol. The summed E-state index contributed by atoms with van der Waals surface area (Å²) in [4.78, 5) is 19.9. The van der Waals surface area contributed by atoms with Gasteiger partial charge in [0.1, 0.15) is 11.2 Å². The van der Waals surface area contributed by atoms with E-state index in [0.717, 1.165) is 49.5 Å². The molecule has 5 aromatic carbocycles. The van der Waals surface area contributed by atoms with Crippen molar-refractivity contribution in [1.29, 1.82) is 0 Å². The molecular formula is C36H20N4OS. The number of benzene rings is 5. The Hall–Kier alpha value is -5.46. The molecule has 0 aliphatic heterocycles. The van der Waals surface area contributed by atoms with Gasteiger partial charge in [0.2, 0.25) is 0 Å². The van der Waals surface area contributed by atoms with Gasteiger partial charge in [0, 0.05) is 59.2 Å². The molecule has 0 radical (unpaired) electrons. The van der Waals surface area contributed by atoms with E-state index in [1.165, 1.54) is 20.2 Å². The predicted octanol–water partition coefficient (Wildman–Crippen LogP) is 9.69. The molecule has 0 saturated carbocycles. The number of fused-ring (bicyclic) bond motifs is 7. The normalized spacial score (nSPS) is 11.8. The van der Waals surface area contributed by atoms with Crippen molar-refractivity contribution < 1.29 is 4.42 Å². The molecule has 0 N–H and O–H groups in total. The van der Waals surface area contributed by atoms with E-state index in [2.05, 4.69) is 71.7 Å². The zero-order valence-electron chi connectivity index (χ0n) is 22.2. The summed E-state index contributed by atoms with van der Waals surface area (Å²) in [7, 11) is 0. The Kier molecular flexibility index (Phi) is 5.00. The van der Waals surface area contributed by atoms with Crippen LogP contribution in [0.15, 0.2) is 126 Å². The number of hydrogen-bond acceptors (Lipinski definition) is 6. The lowest BCUT2D eigenvalue weighted by Gasteiger charge is -2.10. The molecule has 0 unspecified atom stereocenters. The third-order valence-corrected chi connectivity index (χ3v) is 8.91. The van der Waals surface area contributed by atoms with Crippen LogP contribution < -0.4 is 0 Å². The molecule has 5 nitrogen and oxygen atoms in total. The molecule has 6 heteroatoms. The summed E-state index contributed by atoms with van der Waals surface area (Å²) in [6.45, 7) is 0. The van der Waals surface area contributed by atoms with Crippen molar-refractivity contribution >= 4 is 64.4 Å². The summed E-state index contributed by atoms with van der Waals surface area (Å²) in [5.74, 6) is 1.87. The van der Waals surface area contributed by atoms with Crippen LogP contribution in [0.1, 0.15) is 0 Å². The third-order valence-electron chi connectivity index (χ3n) is 7.77. The maximum absolute atomic E-state index is 6.35. The van der Waals surface area contributed by atoms with Gasteiger partial charge in [-0.2, -0.15) is 0 Å². The van der Waals surface area contributed by atoms with E-state index >= 15 is 0 Å². The highest BCUT2D eigenvalue weighted by molar-refractivity contribution is 7.25.